The van der Waals surface area contributed by atoms with Gasteiger partial charge in [-0.1, -0.05) is 6.92 Å². The second-order valence-corrected chi connectivity index (χ2v) is 4.50. The third-order valence-electron chi connectivity index (χ3n) is 2.63. The van der Waals surface area contributed by atoms with Gasteiger partial charge in [0.1, 0.15) is 0 Å². The molecule has 3 nitrogen and oxygen atoms in total. The molecule has 0 aromatic heterocycles. The largest absolute Gasteiger partial charge is 0.393 e. The zero-order chi connectivity index (χ0) is 9.84. The number of nitrogens with two attached hydrogens (primary N) is 1. The predicted molar refractivity (Wildman–Crippen MR) is 54.5 cm³/mol. The predicted octanol–water partition coefficient (Wildman–Crippen LogP) is 0.426. The zero-order valence-electron chi connectivity index (χ0n) is 8.74. The molecular weight excluding hydrogens is 164 g/mol. The molecule has 0 spiro atoms. The Hall–Kier alpha value is -0.120. The average Bonchev–Trinajstić information content (AvgIpc) is 1.99. The van der Waals surface area contributed by atoms with Crippen molar-refractivity contribution in [3.8, 4) is 0 Å². The van der Waals surface area contributed by atoms with Gasteiger partial charge in [0.2, 0.25) is 0 Å². The Morgan fingerprint density at radius 3 is 2.77 bits per heavy atom. The number of aliphatic hydroxyl groups excluding tert-OH is 1. The summed E-state index contributed by atoms with van der Waals surface area (Å²) in [6, 6.07) is 0.331. The highest BCUT2D eigenvalue weighted by atomic mass is 16.3. The fourth-order valence-corrected chi connectivity index (χ4v) is 2.06. The van der Waals surface area contributed by atoms with E-state index >= 15 is 0 Å². The first kappa shape index (κ1) is 11.0. The molecule has 1 fully saturated rings. The van der Waals surface area contributed by atoms with E-state index in [-0.39, 0.29) is 6.10 Å². The highest BCUT2D eigenvalue weighted by Crippen LogP contribution is 2.15. The fraction of sp³-hybridized carbons (Fsp3) is 1.00. The number of hydrogen-bond donors (Lipinski definition) is 2. The van der Waals surface area contributed by atoms with Crippen molar-refractivity contribution in [1.82, 2.24) is 4.90 Å². The Bertz CT molecular complexity index is 140. The Morgan fingerprint density at radius 2 is 2.23 bits per heavy atom. The summed E-state index contributed by atoms with van der Waals surface area (Å²) in [4.78, 5) is 2.37. The second-order valence-electron chi connectivity index (χ2n) is 4.50. The minimum atomic E-state index is -0.187. The summed E-state index contributed by atoms with van der Waals surface area (Å²) < 4.78 is 0. The summed E-state index contributed by atoms with van der Waals surface area (Å²) in [6.45, 7) is 7.20. The Balaban J connectivity index is 2.25. The number of hydrogen-bond acceptors (Lipinski definition) is 3. The van der Waals surface area contributed by atoms with E-state index in [4.69, 9.17) is 10.8 Å². The van der Waals surface area contributed by atoms with Crippen LogP contribution in [-0.2, 0) is 0 Å². The molecule has 1 saturated heterocycles. The molecule has 0 aromatic carbocycles. The van der Waals surface area contributed by atoms with Crippen LogP contribution in [0, 0.1) is 5.92 Å². The van der Waals surface area contributed by atoms with Gasteiger partial charge in [-0.2, -0.15) is 0 Å². The van der Waals surface area contributed by atoms with Crippen molar-refractivity contribution < 1.29 is 5.11 Å². The lowest BCUT2D eigenvalue weighted by Crippen LogP contribution is -2.46. The van der Waals surface area contributed by atoms with Crippen LogP contribution in [0.25, 0.3) is 0 Å². The van der Waals surface area contributed by atoms with E-state index in [2.05, 4.69) is 11.8 Å². The molecule has 78 valence electrons. The molecule has 3 heteroatoms. The average molecular weight is 186 g/mol. The molecule has 0 radical (unpaired) electrons. The van der Waals surface area contributed by atoms with Gasteiger partial charge >= 0.3 is 0 Å². The summed E-state index contributed by atoms with van der Waals surface area (Å²) in [7, 11) is 0. The quantitative estimate of drug-likeness (QED) is 0.672. The van der Waals surface area contributed by atoms with Crippen molar-refractivity contribution >= 4 is 0 Å². The van der Waals surface area contributed by atoms with Gasteiger partial charge in [0, 0.05) is 25.7 Å². The first-order valence-corrected chi connectivity index (χ1v) is 5.24. The molecule has 0 amide bonds. The molecule has 0 bridgehead atoms. The van der Waals surface area contributed by atoms with Gasteiger partial charge in [-0.25, -0.2) is 0 Å². The summed E-state index contributed by atoms with van der Waals surface area (Å²) in [5.41, 5.74) is 5.92. The first-order chi connectivity index (χ1) is 6.08. The fourth-order valence-electron chi connectivity index (χ4n) is 2.06. The third kappa shape index (κ3) is 4.07. The Kier molecular flexibility index (Phi) is 4.16. The van der Waals surface area contributed by atoms with E-state index in [1.165, 1.54) is 0 Å². The molecule has 0 saturated carbocycles. The molecule has 1 aliphatic rings. The van der Waals surface area contributed by atoms with E-state index in [9.17, 15) is 0 Å². The van der Waals surface area contributed by atoms with Gasteiger partial charge in [0.15, 0.2) is 0 Å². The van der Waals surface area contributed by atoms with Gasteiger partial charge in [-0.05, 0) is 25.7 Å². The number of nitrogens with zero attached hydrogens (tertiary/aromatic N) is 1. The molecule has 1 aliphatic heterocycles. The van der Waals surface area contributed by atoms with Crippen molar-refractivity contribution in [2.24, 2.45) is 11.7 Å². The molecular formula is C10H22N2O. The van der Waals surface area contributed by atoms with E-state index in [0.29, 0.717) is 12.0 Å². The number of aliphatic hydroxyl groups is 1. The van der Waals surface area contributed by atoms with Crippen molar-refractivity contribution in [2.75, 3.05) is 19.6 Å². The smallest absolute Gasteiger partial charge is 0.0524 e. The van der Waals surface area contributed by atoms with Crippen molar-refractivity contribution in [1.29, 1.82) is 0 Å². The maximum Gasteiger partial charge on any atom is 0.0524 e. The van der Waals surface area contributed by atoms with E-state index in [1.807, 2.05) is 6.92 Å². The molecule has 3 unspecified atom stereocenters. The molecule has 3 atom stereocenters. The van der Waals surface area contributed by atoms with Crippen LogP contribution in [0.2, 0.25) is 0 Å². The first-order valence-electron chi connectivity index (χ1n) is 5.24. The highest BCUT2D eigenvalue weighted by molar-refractivity contribution is 4.79. The van der Waals surface area contributed by atoms with Crippen LogP contribution < -0.4 is 5.73 Å². The highest BCUT2D eigenvalue weighted by Gasteiger charge is 2.21. The number of likely N-dealkylation sites (tertiary alicyclic amines) is 1. The molecule has 1 heterocycles. The lowest BCUT2D eigenvalue weighted by atomic mass is 9.96. The maximum atomic E-state index is 9.16. The molecule has 1 rings (SSSR count). The minimum absolute atomic E-state index is 0.187. The van der Waals surface area contributed by atoms with Crippen LogP contribution in [0.3, 0.4) is 0 Å². The molecule has 3 N–H and O–H groups in total. The summed E-state index contributed by atoms with van der Waals surface area (Å²) in [6.07, 6.45) is 1.82. The van der Waals surface area contributed by atoms with Crippen LogP contribution >= 0.6 is 0 Å². The monoisotopic (exact) mass is 186 g/mol. The van der Waals surface area contributed by atoms with Gasteiger partial charge in [0.05, 0.1) is 6.10 Å². The summed E-state index contributed by atoms with van der Waals surface area (Å²) in [5.74, 6) is 0.706. The van der Waals surface area contributed by atoms with Gasteiger partial charge < -0.3 is 15.7 Å². The van der Waals surface area contributed by atoms with E-state index in [1.54, 1.807) is 0 Å². The Morgan fingerprint density at radius 1 is 1.54 bits per heavy atom. The van der Waals surface area contributed by atoms with Gasteiger partial charge in [-0.3, -0.25) is 0 Å². The molecule has 0 aliphatic carbocycles. The molecule has 0 aromatic rings. The standard InChI is InChI=1S/C10H22N2O/c1-8-5-10(11)7-12(6-8)4-3-9(2)13/h8-10,13H,3-7,11H2,1-2H3. The van der Waals surface area contributed by atoms with Gasteiger partial charge in [0.25, 0.3) is 0 Å². The van der Waals surface area contributed by atoms with Crippen molar-refractivity contribution in [3.05, 3.63) is 0 Å². The summed E-state index contributed by atoms with van der Waals surface area (Å²) >= 11 is 0. The lowest BCUT2D eigenvalue weighted by Gasteiger charge is -2.34. The lowest BCUT2D eigenvalue weighted by molar-refractivity contribution is 0.123. The third-order valence-corrected chi connectivity index (χ3v) is 2.63. The maximum absolute atomic E-state index is 9.16. The van der Waals surface area contributed by atoms with Crippen LogP contribution in [0.15, 0.2) is 0 Å². The van der Waals surface area contributed by atoms with Gasteiger partial charge in [-0.15, -0.1) is 0 Å². The van der Waals surface area contributed by atoms with Crippen molar-refractivity contribution in [3.63, 3.8) is 0 Å². The van der Waals surface area contributed by atoms with E-state index < -0.39 is 0 Å². The minimum Gasteiger partial charge on any atom is -0.393 e. The topological polar surface area (TPSA) is 49.5 Å². The second kappa shape index (κ2) is 4.94. The SMILES string of the molecule is CC(O)CCN1CC(C)CC(N)C1. The number of piperidine rings is 1. The molecule has 13 heavy (non-hydrogen) atoms. The number of rotatable bonds is 3. The zero-order valence-corrected chi connectivity index (χ0v) is 8.74. The summed E-state index contributed by atoms with van der Waals surface area (Å²) in [5, 5.41) is 9.16. The Labute approximate surface area is 80.9 Å². The van der Waals surface area contributed by atoms with E-state index in [0.717, 1.165) is 32.5 Å². The van der Waals surface area contributed by atoms with Crippen LogP contribution in [0.5, 0.6) is 0 Å². The van der Waals surface area contributed by atoms with Crippen LogP contribution in [0.1, 0.15) is 26.7 Å². The normalized spacial score (nSPS) is 33.2. The van der Waals surface area contributed by atoms with Crippen LogP contribution in [-0.4, -0.2) is 41.8 Å². The van der Waals surface area contributed by atoms with Crippen LogP contribution in [0.4, 0.5) is 0 Å². The van der Waals surface area contributed by atoms with Crippen molar-refractivity contribution in [2.45, 2.75) is 38.8 Å².